The van der Waals surface area contributed by atoms with Crippen molar-refractivity contribution in [1.29, 1.82) is 0 Å². The third-order valence-corrected chi connectivity index (χ3v) is 2.76. The van der Waals surface area contributed by atoms with Crippen LogP contribution in [0.25, 0.3) is 0 Å². The van der Waals surface area contributed by atoms with Gasteiger partial charge in [0.15, 0.2) is 0 Å². The molecular weight excluding hydrogens is 278 g/mol. The number of hydrogen-bond donors (Lipinski definition) is 0. The van der Waals surface area contributed by atoms with Gasteiger partial charge in [-0.2, -0.15) is 0 Å². The molecule has 0 radical (unpaired) electrons. The minimum atomic E-state index is 0. The zero-order valence-corrected chi connectivity index (χ0v) is 8.75. The van der Waals surface area contributed by atoms with E-state index in [9.17, 15) is 0 Å². The molecule has 44 valence electrons. The number of rotatable bonds is 2. The van der Waals surface area contributed by atoms with E-state index >= 15 is 0 Å². The van der Waals surface area contributed by atoms with E-state index in [2.05, 4.69) is 17.2 Å². The van der Waals surface area contributed by atoms with Gasteiger partial charge in [0.05, 0.1) is 0 Å². The van der Waals surface area contributed by atoms with E-state index in [1.54, 1.807) is 0 Å². The van der Waals surface area contributed by atoms with Crippen molar-refractivity contribution in [3.8, 4) is 0 Å². The number of nitrogens with zero attached hydrogens (tertiary/aromatic N) is 1. The van der Waals surface area contributed by atoms with Crippen LogP contribution in [-0.2, 0) is 21.3 Å². The molecule has 0 aromatic heterocycles. The fourth-order valence-electron chi connectivity index (χ4n) is 0.224. The molecule has 0 aromatic carbocycles. The predicted molar refractivity (Wildman–Crippen MR) is 30.2 cm³/mol. The van der Waals surface area contributed by atoms with Gasteiger partial charge in [0.2, 0.25) is 0 Å². The van der Waals surface area contributed by atoms with Crippen molar-refractivity contribution in [2.45, 2.75) is 13.8 Å². The molecule has 0 rings (SSSR count). The van der Waals surface area contributed by atoms with Gasteiger partial charge in [0.1, 0.15) is 0 Å². The van der Waals surface area contributed by atoms with Crippen molar-refractivity contribution < 1.29 is 21.3 Å². The van der Waals surface area contributed by atoms with Crippen LogP contribution in [0.2, 0.25) is 0 Å². The number of hydrogen-bond acceptors (Lipinski definition) is 1. The van der Waals surface area contributed by atoms with E-state index in [0.717, 1.165) is 0 Å². The topological polar surface area (TPSA) is 3.24 Å². The van der Waals surface area contributed by atoms with Crippen LogP contribution in [0.1, 0.15) is 13.8 Å². The van der Waals surface area contributed by atoms with Gasteiger partial charge in [0.25, 0.3) is 0 Å². The zero-order chi connectivity index (χ0) is 4.99. The summed E-state index contributed by atoms with van der Waals surface area (Å²) in [6.45, 7) is 6.79. The Bertz CT molecular complexity index is 30.9. The Morgan fingerprint density at radius 1 is 1.29 bits per heavy atom. The van der Waals surface area contributed by atoms with E-state index in [-0.39, 0.29) is 12.4 Å². The molecule has 0 N–H and O–H groups in total. The van der Waals surface area contributed by atoms with E-state index in [4.69, 9.17) is 0 Å². The first-order valence-corrected chi connectivity index (χ1v) is 3.68. The van der Waals surface area contributed by atoms with Crippen LogP contribution in [0.3, 0.4) is 0 Å². The maximum Gasteiger partial charge on any atom is -0.147 e. The fraction of sp³-hybridized carbons (Fsp3) is 1.00. The van der Waals surface area contributed by atoms with Gasteiger partial charge >= 0.3 is 51.6 Å². The van der Waals surface area contributed by atoms with Crippen molar-refractivity contribution in [2.24, 2.45) is 0 Å². The molecular formula is C4H11ClNTa. The summed E-state index contributed by atoms with van der Waals surface area (Å²) in [5.74, 6) is 0. The summed E-state index contributed by atoms with van der Waals surface area (Å²) in [7, 11) is 0. The molecule has 1 nitrogen and oxygen atoms in total. The molecule has 0 spiro atoms. The number of halogens is 1. The van der Waals surface area contributed by atoms with Gasteiger partial charge in [-0.15, -0.1) is 12.4 Å². The Hall–Kier alpha value is 0.990. The van der Waals surface area contributed by atoms with Crippen LogP contribution in [0.4, 0.5) is 0 Å². The maximum atomic E-state index is 2.36. The quantitative estimate of drug-likeness (QED) is 0.739. The first-order valence-electron chi connectivity index (χ1n) is 2.25. The molecule has 0 atom stereocenters. The Morgan fingerprint density at radius 3 is 1.57 bits per heavy atom. The molecule has 0 amide bonds. The molecule has 0 fully saturated rings. The van der Waals surface area contributed by atoms with Crippen LogP contribution in [0, 0.1) is 0 Å². The monoisotopic (exact) mass is 289 g/mol. The molecule has 0 aliphatic heterocycles. The first-order chi connectivity index (χ1) is 2.81. The average molecular weight is 290 g/mol. The second-order valence-corrected chi connectivity index (χ2v) is 3.17. The summed E-state index contributed by atoms with van der Waals surface area (Å²) in [5, 5.41) is 0. The largest absolute Gasteiger partial charge is 0.147 e. The van der Waals surface area contributed by atoms with Gasteiger partial charge < -0.3 is 0 Å². The summed E-state index contributed by atoms with van der Waals surface area (Å²) >= 11 is 1.40. The SMILES string of the molecule is CC[N]([Ta])CC.Cl. The first kappa shape index (κ1) is 10.9. The average Bonchev–Trinajstić information content (AvgIpc) is 1.65. The molecule has 0 aliphatic rings. The summed E-state index contributed by atoms with van der Waals surface area (Å²) in [6, 6.07) is 0. The third kappa shape index (κ3) is 6.99. The van der Waals surface area contributed by atoms with Crippen molar-refractivity contribution >= 4 is 12.4 Å². The smallest absolute Gasteiger partial charge is 0.147 e. The Kier molecular flexibility index (Phi) is 10.9. The molecule has 0 heterocycles. The van der Waals surface area contributed by atoms with Crippen LogP contribution < -0.4 is 0 Å². The van der Waals surface area contributed by atoms with Crippen LogP contribution >= 0.6 is 12.4 Å². The van der Waals surface area contributed by atoms with Crippen LogP contribution in [0.15, 0.2) is 0 Å². The Labute approximate surface area is 64.1 Å². The van der Waals surface area contributed by atoms with Crippen molar-refractivity contribution in [1.82, 2.24) is 3.30 Å². The summed E-state index contributed by atoms with van der Waals surface area (Å²) in [6.07, 6.45) is 0. The fourth-order valence-corrected chi connectivity index (χ4v) is 0.224. The predicted octanol–water partition coefficient (Wildman–Crippen LogP) is 1.21. The molecule has 0 aromatic rings. The Balaban J connectivity index is 0. The van der Waals surface area contributed by atoms with Gasteiger partial charge in [-0.3, -0.25) is 0 Å². The van der Waals surface area contributed by atoms with Gasteiger partial charge in [0, 0.05) is 0 Å². The summed E-state index contributed by atoms with van der Waals surface area (Å²) in [5.41, 5.74) is 0. The molecule has 0 saturated carbocycles. The standard InChI is InChI=1S/C4H10N.ClH.Ta/c1-3-5-4-2;;/h3-4H2,1-2H3;1H;/q-1;;+1. The van der Waals surface area contributed by atoms with E-state index in [1.807, 2.05) is 0 Å². The van der Waals surface area contributed by atoms with Crippen molar-refractivity contribution in [2.75, 3.05) is 13.1 Å². The Morgan fingerprint density at radius 2 is 1.57 bits per heavy atom. The second-order valence-electron chi connectivity index (χ2n) is 1.14. The molecule has 0 aliphatic carbocycles. The minimum absolute atomic E-state index is 0. The van der Waals surface area contributed by atoms with Crippen molar-refractivity contribution in [3.63, 3.8) is 0 Å². The van der Waals surface area contributed by atoms with E-state index in [0.29, 0.717) is 0 Å². The molecule has 7 heavy (non-hydrogen) atoms. The summed E-state index contributed by atoms with van der Waals surface area (Å²) < 4.78 is 2.36. The molecule has 0 unspecified atom stereocenters. The van der Waals surface area contributed by atoms with E-state index in [1.165, 1.54) is 34.4 Å². The van der Waals surface area contributed by atoms with Crippen LogP contribution in [-0.4, -0.2) is 16.4 Å². The maximum absolute atomic E-state index is 2.36. The summed E-state index contributed by atoms with van der Waals surface area (Å²) in [4.78, 5) is 0. The molecule has 3 heteroatoms. The van der Waals surface area contributed by atoms with E-state index < -0.39 is 0 Å². The normalized spacial score (nSPS) is 8.43. The van der Waals surface area contributed by atoms with Crippen molar-refractivity contribution in [3.05, 3.63) is 0 Å². The van der Waals surface area contributed by atoms with Crippen LogP contribution in [0.5, 0.6) is 0 Å². The van der Waals surface area contributed by atoms with Gasteiger partial charge in [-0.05, 0) is 0 Å². The molecule has 0 bridgehead atoms. The molecule has 0 saturated heterocycles. The minimum Gasteiger partial charge on any atom is -0.147 e. The van der Waals surface area contributed by atoms with Gasteiger partial charge in [-0.1, -0.05) is 0 Å². The zero-order valence-electron chi connectivity index (χ0n) is 4.72. The third-order valence-electron chi connectivity index (χ3n) is 0.730. The second kappa shape index (κ2) is 6.99. The van der Waals surface area contributed by atoms with Gasteiger partial charge in [-0.25, -0.2) is 0 Å².